The molecule has 0 N–H and O–H groups in total. The third-order valence-electron chi connectivity index (χ3n) is 4.26. The quantitative estimate of drug-likeness (QED) is 0.699. The lowest BCUT2D eigenvalue weighted by molar-refractivity contribution is -0.127. The molecule has 0 bridgehead atoms. The van der Waals surface area contributed by atoms with Gasteiger partial charge in [-0.3, -0.25) is 14.5 Å². The number of carbonyl (C=O) groups excluding carboxylic acids is 2. The number of hydrogen-bond acceptors (Lipinski definition) is 3. The molecule has 1 aliphatic rings. The smallest absolute Gasteiger partial charge is 0.261 e. The molecule has 0 aliphatic carbocycles. The van der Waals surface area contributed by atoms with Crippen molar-refractivity contribution in [3.63, 3.8) is 0 Å². The Kier molecular flexibility index (Phi) is 5.84. The molecule has 2 aromatic carbocycles. The van der Waals surface area contributed by atoms with Crippen molar-refractivity contribution in [2.24, 2.45) is 0 Å². The lowest BCUT2D eigenvalue weighted by Crippen LogP contribution is -2.42. The standard InChI is InChI=1S/C19H18BrClN2O3/c1-26-17-6-3-2-5-16(17)23(12-22-10-4-7-18(22)24)19(25)14-11-13(20)8-9-15(14)21/h2-3,5-6,8-9,11H,4,7,10,12H2,1H3. The molecule has 0 unspecified atom stereocenters. The molecule has 2 aromatic rings. The molecule has 3 rings (SSSR count). The van der Waals surface area contributed by atoms with Crippen LogP contribution in [0.4, 0.5) is 5.69 Å². The van der Waals surface area contributed by atoms with Crippen LogP contribution in [0.1, 0.15) is 23.2 Å². The van der Waals surface area contributed by atoms with E-state index in [0.29, 0.717) is 35.0 Å². The fourth-order valence-electron chi connectivity index (χ4n) is 2.93. The van der Waals surface area contributed by atoms with Gasteiger partial charge in [-0.1, -0.05) is 39.7 Å². The first-order valence-corrected chi connectivity index (χ1v) is 9.36. The summed E-state index contributed by atoms with van der Waals surface area (Å²) in [4.78, 5) is 28.6. The molecular weight excluding hydrogens is 420 g/mol. The number of anilines is 1. The number of rotatable bonds is 5. The van der Waals surface area contributed by atoms with Crippen molar-refractivity contribution in [2.45, 2.75) is 12.8 Å². The molecule has 0 atom stereocenters. The third kappa shape index (κ3) is 3.86. The first-order valence-electron chi connectivity index (χ1n) is 8.19. The van der Waals surface area contributed by atoms with Gasteiger partial charge < -0.3 is 9.64 Å². The van der Waals surface area contributed by atoms with Crippen molar-refractivity contribution in [2.75, 3.05) is 25.2 Å². The summed E-state index contributed by atoms with van der Waals surface area (Å²) in [6, 6.07) is 12.4. The van der Waals surface area contributed by atoms with E-state index < -0.39 is 0 Å². The van der Waals surface area contributed by atoms with Crippen LogP contribution in [0.5, 0.6) is 5.75 Å². The minimum absolute atomic E-state index is 0.0398. The molecule has 136 valence electrons. The molecule has 26 heavy (non-hydrogen) atoms. The molecule has 0 saturated carbocycles. The largest absolute Gasteiger partial charge is 0.495 e. The van der Waals surface area contributed by atoms with E-state index in [4.69, 9.17) is 16.3 Å². The average molecular weight is 438 g/mol. The number of carbonyl (C=O) groups is 2. The summed E-state index contributed by atoms with van der Waals surface area (Å²) in [5, 5.41) is 0.353. The number of likely N-dealkylation sites (tertiary alicyclic amines) is 1. The van der Waals surface area contributed by atoms with Crippen molar-refractivity contribution >= 4 is 45.0 Å². The van der Waals surface area contributed by atoms with Crippen LogP contribution >= 0.6 is 27.5 Å². The Balaban J connectivity index is 2.03. The highest BCUT2D eigenvalue weighted by Gasteiger charge is 2.28. The fourth-order valence-corrected chi connectivity index (χ4v) is 3.49. The zero-order valence-electron chi connectivity index (χ0n) is 14.2. The lowest BCUT2D eigenvalue weighted by atomic mass is 10.1. The highest BCUT2D eigenvalue weighted by Crippen LogP contribution is 2.31. The summed E-state index contributed by atoms with van der Waals surface area (Å²) in [5.41, 5.74) is 0.953. The number of amides is 2. The molecule has 0 radical (unpaired) electrons. The lowest BCUT2D eigenvalue weighted by Gasteiger charge is -2.29. The van der Waals surface area contributed by atoms with Gasteiger partial charge in [-0.25, -0.2) is 0 Å². The van der Waals surface area contributed by atoms with Gasteiger partial charge in [0.25, 0.3) is 5.91 Å². The van der Waals surface area contributed by atoms with E-state index in [9.17, 15) is 9.59 Å². The summed E-state index contributed by atoms with van der Waals surface area (Å²) in [6.45, 7) is 0.783. The number of halogens is 2. The van der Waals surface area contributed by atoms with Crippen LogP contribution in [0.3, 0.4) is 0 Å². The number of nitrogens with zero attached hydrogens (tertiary/aromatic N) is 2. The van der Waals surface area contributed by atoms with Gasteiger partial charge in [0.1, 0.15) is 12.4 Å². The molecule has 1 heterocycles. The van der Waals surface area contributed by atoms with Crippen LogP contribution in [0.25, 0.3) is 0 Å². The Labute approximate surface area is 165 Å². The van der Waals surface area contributed by atoms with Crippen molar-refractivity contribution in [1.82, 2.24) is 4.90 Å². The minimum atomic E-state index is -0.291. The predicted octanol–water partition coefficient (Wildman–Crippen LogP) is 4.34. The molecule has 0 aromatic heterocycles. The van der Waals surface area contributed by atoms with Crippen molar-refractivity contribution < 1.29 is 14.3 Å². The zero-order valence-corrected chi connectivity index (χ0v) is 16.6. The SMILES string of the molecule is COc1ccccc1N(CN1CCCC1=O)C(=O)c1cc(Br)ccc1Cl. The van der Waals surface area contributed by atoms with Crippen LogP contribution < -0.4 is 9.64 Å². The van der Waals surface area contributed by atoms with Crippen LogP contribution in [0, 0.1) is 0 Å². The number of benzene rings is 2. The van der Waals surface area contributed by atoms with Gasteiger partial charge in [-0.2, -0.15) is 0 Å². The number of para-hydroxylation sites is 2. The fraction of sp³-hybridized carbons (Fsp3) is 0.263. The number of ether oxygens (including phenoxy) is 1. The Bertz CT molecular complexity index is 843. The molecular formula is C19H18BrClN2O3. The highest BCUT2D eigenvalue weighted by atomic mass is 79.9. The monoisotopic (exact) mass is 436 g/mol. The summed E-state index contributed by atoms with van der Waals surface area (Å²) in [7, 11) is 1.55. The van der Waals surface area contributed by atoms with E-state index in [1.54, 1.807) is 42.3 Å². The van der Waals surface area contributed by atoms with Gasteiger partial charge in [0.2, 0.25) is 5.91 Å². The van der Waals surface area contributed by atoms with E-state index in [1.165, 1.54) is 4.90 Å². The Morgan fingerprint density at radius 1 is 1.31 bits per heavy atom. The average Bonchev–Trinajstić information content (AvgIpc) is 3.06. The van der Waals surface area contributed by atoms with Crippen molar-refractivity contribution in [3.8, 4) is 5.75 Å². The van der Waals surface area contributed by atoms with Crippen LogP contribution in [-0.2, 0) is 4.79 Å². The minimum Gasteiger partial charge on any atom is -0.495 e. The maximum atomic E-state index is 13.3. The topological polar surface area (TPSA) is 49.9 Å². The maximum Gasteiger partial charge on any atom is 0.261 e. The number of hydrogen-bond donors (Lipinski definition) is 0. The predicted molar refractivity (Wildman–Crippen MR) is 105 cm³/mol. The van der Waals surface area contributed by atoms with Crippen LogP contribution in [-0.4, -0.2) is 37.0 Å². The second kappa shape index (κ2) is 8.10. The van der Waals surface area contributed by atoms with Gasteiger partial charge in [0.15, 0.2) is 0 Å². The Hall–Kier alpha value is -2.05. The van der Waals surface area contributed by atoms with Gasteiger partial charge in [0.05, 0.1) is 23.4 Å². The number of methoxy groups -OCH3 is 1. The van der Waals surface area contributed by atoms with Crippen LogP contribution in [0.15, 0.2) is 46.9 Å². The molecule has 5 nitrogen and oxygen atoms in total. The summed E-state index contributed by atoms with van der Waals surface area (Å²) < 4.78 is 6.17. The molecule has 0 spiro atoms. The highest BCUT2D eigenvalue weighted by molar-refractivity contribution is 9.10. The second-order valence-corrected chi connectivity index (χ2v) is 7.25. The summed E-state index contributed by atoms with van der Waals surface area (Å²) in [5.74, 6) is 0.303. The summed E-state index contributed by atoms with van der Waals surface area (Å²) in [6.07, 6.45) is 1.30. The van der Waals surface area contributed by atoms with Gasteiger partial charge in [-0.15, -0.1) is 0 Å². The first kappa shape index (κ1) is 18.7. The normalized spacial score (nSPS) is 13.8. The molecule has 1 aliphatic heterocycles. The van der Waals surface area contributed by atoms with E-state index >= 15 is 0 Å². The van der Waals surface area contributed by atoms with Gasteiger partial charge in [0, 0.05) is 17.4 Å². The zero-order chi connectivity index (χ0) is 18.7. The van der Waals surface area contributed by atoms with Crippen molar-refractivity contribution in [3.05, 3.63) is 57.5 Å². The second-order valence-electron chi connectivity index (χ2n) is 5.93. The van der Waals surface area contributed by atoms with Gasteiger partial charge in [-0.05, 0) is 36.8 Å². The maximum absolute atomic E-state index is 13.3. The van der Waals surface area contributed by atoms with E-state index in [2.05, 4.69) is 15.9 Å². The van der Waals surface area contributed by atoms with E-state index in [0.717, 1.165) is 10.9 Å². The first-order chi connectivity index (χ1) is 12.5. The molecule has 1 fully saturated rings. The Morgan fingerprint density at radius 2 is 2.08 bits per heavy atom. The van der Waals surface area contributed by atoms with Gasteiger partial charge >= 0.3 is 0 Å². The third-order valence-corrected chi connectivity index (χ3v) is 5.09. The van der Waals surface area contributed by atoms with Crippen molar-refractivity contribution in [1.29, 1.82) is 0 Å². The molecule has 1 saturated heterocycles. The Morgan fingerprint density at radius 3 is 2.77 bits per heavy atom. The molecule has 7 heteroatoms. The summed E-state index contributed by atoms with van der Waals surface area (Å²) >= 11 is 9.64. The van der Waals surface area contributed by atoms with Crippen LogP contribution in [0.2, 0.25) is 5.02 Å². The van der Waals surface area contributed by atoms with E-state index in [1.807, 2.05) is 12.1 Å². The van der Waals surface area contributed by atoms with E-state index in [-0.39, 0.29) is 18.5 Å². The molecule has 2 amide bonds.